The highest BCUT2D eigenvalue weighted by molar-refractivity contribution is 5.71. The summed E-state index contributed by atoms with van der Waals surface area (Å²) in [6.45, 7) is 3.94. The van der Waals surface area contributed by atoms with Gasteiger partial charge < -0.3 is 9.84 Å². The van der Waals surface area contributed by atoms with Crippen molar-refractivity contribution in [3.8, 4) is 0 Å². The summed E-state index contributed by atoms with van der Waals surface area (Å²) < 4.78 is 5.88. The zero-order valence-corrected chi connectivity index (χ0v) is 12.5. The maximum Gasteiger partial charge on any atom is 0.308 e. The number of hydrogen-bond acceptors (Lipinski definition) is 3. The third-order valence-corrected chi connectivity index (χ3v) is 5.77. The molecule has 4 heteroatoms. The molecule has 114 valence electrons. The first kappa shape index (κ1) is 14.3. The van der Waals surface area contributed by atoms with Crippen LogP contribution in [-0.2, 0) is 9.53 Å². The highest BCUT2D eigenvalue weighted by Gasteiger charge is 2.45. The van der Waals surface area contributed by atoms with Gasteiger partial charge in [-0.15, -0.1) is 0 Å². The Kier molecular flexibility index (Phi) is 4.32. The molecule has 0 spiro atoms. The van der Waals surface area contributed by atoms with Crippen molar-refractivity contribution >= 4 is 5.97 Å². The fourth-order valence-corrected chi connectivity index (χ4v) is 4.62. The molecule has 20 heavy (non-hydrogen) atoms. The largest absolute Gasteiger partial charge is 0.481 e. The van der Waals surface area contributed by atoms with Crippen LogP contribution in [-0.4, -0.2) is 47.3 Å². The fourth-order valence-electron chi connectivity index (χ4n) is 4.62. The second kappa shape index (κ2) is 6.02. The van der Waals surface area contributed by atoms with Gasteiger partial charge in [0.05, 0.1) is 18.6 Å². The van der Waals surface area contributed by atoms with Gasteiger partial charge in [-0.05, 0) is 44.4 Å². The molecule has 0 aromatic rings. The monoisotopic (exact) mass is 281 g/mol. The Labute approximate surface area is 121 Å². The average molecular weight is 281 g/mol. The molecule has 3 aliphatic rings. The first-order chi connectivity index (χ1) is 9.70. The number of nitrogens with zero attached hydrogens (tertiary/aromatic N) is 1. The molecular weight excluding hydrogens is 254 g/mol. The Balaban J connectivity index is 1.78. The van der Waals surface area contributed by atoms with Crippen LogP contribution in [0.4, 0.5) is 0 Å². The molecule has 1 saturated heterocycles. The summed E-state index contributed by atoms with van der Waals surface area (Å²) in [5.41, 5.74) is 0. The third kappa shape index (κ3) is 2.60. The molecule has 1 N–H and O–H groups in total. The molecule has 3 rings (SSSR count). The summed E-state index contributed by atoms with van der Waals surface area (Å²) in [4.78, 5) is 14.2. The molecule has 4 nitrogen and oxygen atoms in total. The van der Waals surface area contributed by atoms with E-state index in [-0.39, 0.29) is 12.0 Å². The minimum Gasteiger partial charge on any atom is -0.481 e. The maximum atomic E-state index is 11.6. The molecule has 0 aromatic carbocycles. The molecule has 0 radical (unpaired) electrons. The number of carbonyl (C=O) groups is 1. The average Bonchev–Trinajstić information content (AvgIpc) is 2.94. The van der Waals surface area contributed by atoms with Crippen molar-refractivity contribution in [3.05, 3.63) is 0 Å². The minimum absolute atomic E-state index is 0.169. The summed E-state index contributed by atoms with van der Waals surface area (Å²) in [7, 11) is 0. The van der Waals surface area contributed by atoms with Crippen molar-refractivity contribution in [1.29, 1.82) is 0 Å². The van der Waals surface area contributed by atoms with E-state index in [0.717, 1.165) is 38.8 Å². The molecule has 2 aliphatic carbocycles. The molecule has 3 fully saturated rings. The summed E-state index contributed by atoms with van der Waals surface area (Å²) in [5.74, 6) is -0.0546. The van der Waals surface area contributed by atoms with Crippen LogP contribution in [0.2, 0.25) is 0 Å². The second-order valence-corrected chi connectivity index (χ2v) is 6.74. The fraction of sp³-hybridized carbons (Fsp3) is 0.938. The Bertz CT molecular complexity index is 360. The number of aliphatic carboxylic acids is 1. The van der Waals surface area contributed by atoms with E-state index in [1.807, 2.05) is 0 Å². The third-order valence-electron chi connectivity index (χ3n) is 5.77. The van der Waals surface area contributed by atoms with Crippen LogP contribution in [0, 0.1) is 11.8 Å². The number of morpholine rings is 1. The lowest BCUT2D eigenvalue weighted by molar-refractivity contribution is -0.150. The molecule has 0 amide bonds. The van der Waals surface area contributed by atoms with Crippen LogP contribution in [0.3, 0.4) is 0 Å². The summed E-state index contributed by atoms with van der Waals surface area (Å²) in [6, 6.07) is 0.715. The van der Waals surface area contributed by atoms with Gasteiger partial charge in [0, 0.05) is 18.6 Å². The number of fused-ring (bicyclic) bond motifs is 1. The molecule has 0 aromatic heterocycles. The Morgan fingerprint density at radius 1 is 1.25 bits per heavy atom. The van der Waals surface area contributed by atoms with Crippen LogP contribution in [0.25, 0.3) is 0 Å². The van der Waals surface area contributed by atoms with Crippen molar-refractivity contribution in [2.24, 2.45) is 11.8 Å². The van der Waals surface area contributed by atoms with E-state index >= 15 is 0 Å². The van der Waals surface area contributed by atoms with Crippen LogP contribution < -0.4 is 0 Å². The smallest absolute Gasteiger partial charge is 0.308 e. The van der Waals surface area contributed by atoms with E-state index in [2.05, 4.69) is 11.8 Å². The Morgan fingerprint density at radius 2 is 2.10 bits per heavy atom. The second-order valence-electron chi connectivity index (χ2n) is 6.74. The van der Waals surface area contributed by atoms with Gasteiger partial charge in [0.15, 0.2) is 0 Å². The van der Waals surface area contributed by atoms with E-state index in [0.29, 0.717) is 18.1 Å². The maximum absolute atomic E-state index is 11.6. The highest BCUT2D eigenvalue weighted by atomic mass is 16.5. The van der Waals surface area contributed by atoms with E-state index in [1.54, 1.807) is 0 Å². The lowest BCUT2D eigenvalue weighted by Gasteiger charge is -2.47. The van der Waals surface area contributed by atoms with Crippen molar-refractivity contribution in [2.45, 2.75) is 70.1 Å². The summed E-state index contributed by atoms with van der Waals surface area (Å²) in [5, 5.41) is 9.58. The first-order valence-electron chi connectivity index (χ1n) is 8.30. The van der Waals surface area contributed by atoms with Gasteiger partial charge in [-0.3, -0.25) is 9.69 Å². The van der Waals surface area contributed by atoms with E-state index < -0.39 is 5.97 Å². The first-order valence-corrected chi connectivity index (χ1v) is 8.30. The van der Waals surface area contributed by atoms with Gasteiger partial charge in [-0.25, -0.2) is 0 Å². The zero-order chi connectivity index (χ0) is 14.1. The van der Waals surface area contributed by atoms with Gasteiger partial charge in [0.25, 0.3) is 0 Å². The normalized spacial score (nSPS) is 42.4. The van der Waals surface area contributed by atoms with Crippen LogP contribution in [0.15, 0.2) is 0 Å². The Morgan fingerprint density at radius 3 is 2.85 bits per heavy atom. The topological polar surface area (TPSA) is 49.8 Å². The minimum atomic E-state index is -0.592. The van der Waals surface area contributed by atoms with Crippen LogP contribution in [0.5, 0.6) is 0 Å². The number of carboxylic acids is 1. The van der Waals surface area contributed by atoms with Gasteiger partial charge >= 0.3 is 5.97 Å². The van der Waals surface area contributed by atoms with Gasteiger partial charge in [-0.1, -0.05) is 13.3 Å². The quantitative estimate of drug-likeness (QED) is 0.863. The van der Waals surface area contributed by atoms with Gasteiger partial charge in [-0.2, -0.15) is 0 Å². The lowest BCUT2D eigenvalue weighted by Crippen LogP contribution is -2.57. The summed E-state index contributed by atoms with van der Waals surface area (Å²) >= 11 is 0. The molecule has 2 saturated carbocycles. The molecule has 5 unspecified atom stereocenters. The summed E-state index contributed by atoms with van der Waals surface area (Å²) in [6.07, 6.45) is 8.12. The SMILES string of the molecule is CCC1CCC(C(=O)O)C(N2CCOC3CCCC32)C1. The van der Waals surface area contributed by atoms with Crippen molar-refractivity contribution < 1.29 is 14.6 Å². The number of carboxylic acid groups (broad SMARTS) is 1. The van der Waals surface area contributed by atoms with Gasteiger partial charge in [0.2, 0.25) is 0 Å². The highest BCUT2D eigenvalue weighted by Crippen LogP contribution is 2.39. The predicted octanol–water partition coefficient (Wildman–Crippen LogP) is 2.52. The predicted molar refractivity (Wildman–Crippen MR) is 76.6 cm³/mol. The van der Waals surface area contributed by atoms with E-state index in [1.165, 1.54) is 19.3 Å². The molecule has 5 atom stereocenters. The van der Waals surface area contributed by atoms with Crippen molar-refractivity contribution in [2.75, 3.05) is 13.2 Å². The molecular formula is C16H27NO3. The number of rotatable bonds is 3. The van der Waals surface area contributed by atoms with Crippen molar-refractivity contribution in [3.63, 3.8) is 0 Å². The lowest BCUT2D eigenvalue weighted by atomic mass is 9.76. The molecule has 0 bridgehead atoms. The van der Waals surface area contributed by atoms with Crippen LogP contribution >= 0.6 is 0 Å². The zero-order valence-electron chi connectivity index (χ0n) is 12.5. The van der Waals surface area contributed by atoms with Crippen molar-refractivity contribution in [1.82, 2.24) is 4.90 Å². The van der Waals surface area contributed by atoms with E-state index in [4.69, 9.17) is 4.74 Å². The standard InChI is InChI=1S/C16H27NO3/c1-2-11-6-7-12(16(18)19)14(10-11)17-8-9-20-15-5-3-4-13(15)17/h11-15H,2-10H2,1H3,(H,18,19). The molecule has 1 heterocycles. The van der Waals surface area contributed by atoms with Gasteiger partial charge in [0.1, 0.15) is 0 Å². The van der Waals surface area contributed by atoms with E-state index in [9.17, 15) is 9.90 Å². The number of ether oxygens (including phenoxy) is 1. The number of hydrogen-bond donors (Lipinski definition) is 1. The molecule has 1 aliphatic heterocycles. The van der Waals surface area contributed by atoms with Crippen LogP contribution in [0.1, 0.15) is 51.9 Å². The Hall–Kier alpha value is -0.610.